The van der Waals surface area contributed by atoms with Crippen molar-refractivity contribution in [3.05, 3.63) is 45.1 Å². The fourth-order valence-corrected chi connectivity index (χ4v) is 1.81. The maximum atomic E-state index is 11.7. The minimum absolute atomic E-state index is 0.0553. The van der Waals surface area contributed by atoms with Crippen molar-refractivity contribution in [2.24, 2.45) is 0 Å². The summed E-state index contributed by atoms with van der Waals surface area (Å²) < 4.78 is 4.88. The molecule has 0 atom stereocenters. The molecule has 1 aromatic heterocycles. The second-order valence-corrected chi connectivity index (χ2v) is 4.07. The van der Waals surface area contributed by atoms with Crippen LogP contribution in [0.1, 0.15) is 11.5 Å². The lowest BCUT2D eigenvalue weighted by Crippen LogP contribution is -2.04. The Kier molecular flexibility index (Phi) is 3.16. The minimum Gasteiger partial charge on any atom is -0.478 e. The van der Waals surface area contributed by atoms with Crippen molar-refractivity contribution in [3.63, 3.8) is 0 Å². The third-order valence-electron chi connectivity index (χ3n) is 2.27. The molecule has 0 unspecified atom stereocenters. The highest BCUT2D eigenvalue weighted by molar-refractivity contribution is 6.31. The number of aliphatic carboxylic acids is 1. The molecule has 6 heteroatoms. The van der Waals surface area contributed by atoms with Gasteiger partial charge in [-0.25, -0.2) is 14.6 Å². The van der Waals surface area contributed by atoms with Crippen LogP contribution in [0.15, 0.2) is 27.4 Å². The van der Waals surface area contributed by atoms with E-state index in [1.165, 1.54) is 6.07 Å². The Morgan fingerprint density at radius 1 is 1.50 bits per heavy atom. The molecule has 1 aromatic carbocycles. The number of aromatic nitrogens is 1. The number of fused-ring (bicyclic) bond motifs is 1. The van der Waals surface area contributed by atoms with Crippen molar-refractivity contribution in [3.8, 4) is 0 Å². The summed E-state index contributed by atoms with van der Waals surface area (Å²) >= 11 is 5.84. The van der Waals surface area contributed by atoms with Crippen LogP contribution in [-0.2, 0) is 4.79 Å². The van der Waals surface area contributed by atoms with Gasteiger partial charge >= 0.3 is 11.6 Å². The van der Waals surface area contributed by atoms with Gasteiger partial charge in [0.15, 0.2) is 0 Å². The van der Waals surface area contributed by atoms with Crippen molar-refractivity contribution >= 4 is 34.5 Å². The van der Waals surface area contributed by atoms with Crippen molar-refractivity contribution < 1.29 is 14.3 Å². The SMILES string of the molecule is Cc1cc(Cl)cc2c(=O)oc(/C=C/C(=O)O)nc12. The summed E-state index contributed by atoms with van der Waals surface area (Å²) in [6, 6.07) is 3.13. The molecule has 1 N–H and O–H groups in total. The monoisotopic (exact) mass is 265 g/mol. The predicted molar refractivity (Wildman–Crippen MR) is 66.7 cm³/mol. The molecular weight excluding hydrogens is 258 g/mol. The van der Waals surface area contributed by atoms with Crippen LogP contribution in [0, 0.1) is 6.92 Å². The molecule has 0 radical (unpaired) electrons. The van der Waals surface area contributed by atoms with E-state index in [-0.39, 0.29) is 11.3 Å². The maximum Gasteiger partial charge on any atom is 0.347 e. The van der Waals surface area contributed by atoms with Crippen molar-refractivity contribution in [2.75, 3.05) is 0 Å². The van der Waals surface area contributed by atoms with Crippen molar-refractivity contribution in [1.82, 2.24) is 4.98 Å². The molecule has 0 fully saturated rings. The summed E-state index contributed by atoms with van der Waals surface area (Å²) in [5.74, 6) is -1.20. The molecule has 0 saturated heterocycles. The molecule has 0 aliphatic heterocycles. The number of carboxylic acids is 1. The van der Waals surface area contributed by atoms with Crippen LogP contribution >= 0.6 is 11.6 Å². The zero-order valence-electron chi connectivity index (χ0n) is 9.31. The van der Waals surface area contributed by atoms with Gasteiger partial charge in [-0.05, 0) is 24.6 Å². The number of halogens is 1. The van der Waals surface area contributed by atoms with E-state index in [4.69, 9.17) is 21.1 Å². The van der Waals surface area contributed by atoms with Gasteiger partial charge in [0, 0.05) is 17.2 Å². The third-order valence-corrected chi connectivity index (χ3v) is 2.49. The third kappa shape index (κ3) is 2.41. The molecule has 0 aliphatic rings. The van der Waals surface area contributed by atoms with E-state index in [1.807, 2.05) is 0 Å². The first kappa shape index (κ1) is 12.3. The Bertz CT molecular complexity index is 718. The summed E-state index contributed by atoms with van der Waals surface area (Å²) in [6.07, 6.45) is 1.97. The summed E-state index contributed by atoms with van der Waals surface area (Å²) in [6.45, 7) is 1.76. The van der Waals surface area contributed by atoms with Gasteiger partial charge in [0.25, 0.3) is 0 Å². The lowest BCUT2D eigenvalue weighted by atomic mass is 10.1. The van der Waals surface area contributed by atoms with E-state index < -0.39 is 11.6 Å². The lowest BCUT2D eigenvalue weighted by Gasteiger charge is -2.01. The zero-order chi connectivity index (χ0) is 13.3. The molecule has 92 valence electrons. The molecule has 18 heavy (non-hydrogen) atoms. The van der Waals surface area contributed by atoms with Crippen molar-refractivity contribution in [2.45, 2.75) is 6.92 Å². The van der Waals surface area contributed by atoms with Gasteiger partial charge < -0.3 is 9.52 Å². The molecule has 0 saturated carbocycles. The fraction of sp³-hybridized carbons (Fsp3) is 0.0833. The van der Waals surface area contributed by atoms with E-state index >= 15 is 0 Å². The lowest BCUT2D eigenvalue weighted by molar-refractivity contribution is -0.131. The van der Waals surface area contributed by atoms with Crippen LogP contribution in [0.5, 0.6) is 0 Å². The van der Waals surface area contributed by atoms with E-state index in [9.17, 15) is 9.59 Å². The van der Waals surface area contributed by atoms with E-state index in [0.717, 1.165) is 17.7 Å². The average molecular weight is 266 g/mol. The van der Waals surface area contributed by atoms with Gasteiger partial charge in [0.2, 0.25) is 5.89 Å². The molecule has 0 aliphatic carbocycles. The Morgan fingerprint density at radius 2 is 2.22 bits per heavy atom. The van der Waals surface area contributed by atoms with Crippen LogP contribution < -0.4 is 5.63 Å². The fourth-order valence-electron chi connectivity index (χ4n) is 1.54. The van der Waals surface area contributed by atoms with Crippen LogP contribution in [-0.4, -0.2) is 16.1 Å². The van der Waals surface area contributed by atoms with Gasteiger partial charge in [-0.1, -0.05) is 11.6 Å². The minimum atomic E-state index is -1.15. The van der Waals surface area contributed by atoms with E-state index in [0.29, 0.717) is 10.5 Å². The Balaban J connectivity index is 2.69. The number of hydrogen-bond acceptors (Lipinski definition) is 4. The highest BCUT2D eigenvalue weighted by Gasteiger charge is 2.08. The van der Waals surface area contributed by atoms with Gasteiger partial charge in [-0.3, -0.25) is 0 Å². The number of rotatable bonds is 2. The first-order valence-electron chi connectivity index (χ1n) is 4.99. The first-order chi connectivity index (χ1) is 8.47. The van der Waals surface area contributed by atoms with Crippen LogP contribution in [0.25, 0.3) is 17.0 Å². The van der Waals surface area contributed by atoms with Crippen molar-refractivity contribution in [1.29, 1.82) is 0 Å². The number of aryl methyl sites for hydroxylation is 1. The largest absolute Gasteiger partial charge is 0.478 e. The molecule has 2 rings (SSSR count). The second kappa shape index (κ2) is 4.62. The quantitative estimate of drug-likeness (QED) is 0.842. The average Bonchev–Trinajstić information content (AvgIpc) is 2.28. The molecular formula is C12H8ClNO4. The Hall–Kier alpha value is -2.14. The van der Waals surface area contributed by atoms with E-state index in [1.54, 1.807) is 13.0 Å². The van der Waals surface area contributed by atoms with Gasteiger partial charge in [0.1, 0.15) is 0 Å². The standard InChI is InChI=1S/C12H8ClNO4/c1-6-4-7(13)5-8-11(6)14-9(18-12(8)17)2-3-10(15)16/h2-5H,1H3,(H,15,16)/b3-2+. The van der Waals surface area contributed by atoms with Crippen LogP contribution in [0.4, 0.5) is 0 Å². The summed E-state index contributed by atoms with van der Waals surface area (Å²) in [5.41, 5.74) is 0.562. The number of benzene rings is 1. The smallest absolute Gasteiger partial charge is 0.347 e. The summed E-state index contributed by atoms with van der Waals surface area (Å²) in [4.78, 5) is 26.2. The number of nitrogens with zero attached hydrogens (tertiary/aromatic N) is 1. The predicted octanol–water partition coefficient (Wildman–Crippen LogP) is 2.25. The second-order valence-electron chi connectivity index (χ2n) is 3.63. The Labute approximate surface area is 106 Å². The van der Waals surface area contributed by atoms with Gasteiger partial charge in [-0.15, -0.1) is 0 Å². The normalized spacial score (nSPS) is 11.2. The van der Waals surface area contributed by atoms with Gasteiger partial charge in [0.05, 0.1) is 10.9 Å². The number of carboxylic acid groups (broad SMARTS) is 1. The van der Waals surface area contributed by atoms with Gasteiger partial charge in [-0.2, -0.15) is 0 Å². The Morgan fingerprint density at radius 3 is 2.89 bits per heavy atom. The van der Waals surface area contributed by atoms with E-state index in [2.05, 4.69) is 4.98 Å². The molecule has 0 bridgehead atoms. The molecule has 2 aromatic rings. The summed E-state index contributed by atoms with van der Waals surface area (Å²) in [5, 5.41) is 9.19. The number of hydrogen-bond donors (Lipinski definition) is 1. The topological polar surface area (TPSA) is 80.4 Å². The zero-order valence-corrected chi connectivity index (χ0v) is 10.1. The molecule has 0 amide bonds. The maximum absolute atomic E-state index is 11.7. The first-order valence-corrected chi connectivity index (χ1v) is 5.37. The highest BCUT2D eigenvalue weighted by Crippen LogP contribution is 2.20. The molecule has 1 heterocycles. The number of carbonyl (C=O) groups is 1. The molecule has 5 nitrogen and oxygen atoms in total. The summed E-state index contributed by atoms with van der Waals surface area (Å²) in [7, 11) is 0. The van der Waals surface area contributed by atoms with Crippen LogP contribution in [0.2, 0.25) is 5.02 Å². The molecule has 0 spiro atoms. The highest BCUT2D eigenvalue weighted by atomic mass is 35.5. The van der Waals surface area contributed by atoms with Crippen LogP contribution in [0.3, 0.4) is 0 Å².